The number of aromatic nitrogens is 7. The molecule has 4 rings (SSSR count). The van der Waals surface area contributed by atoms with Crippen LogP contribution >= 0.6 is 0 Å². The number of aromatic amines is 1. The molecular weight excluding hydrogens is 344 g/mol. The van der Waals surface area contributed by atoms with E-state index in [-0.39, 0.29) is 11.9 Å². The Morgan fingerprint density at radius 1 is 1.11 bits per heavy atom. The van der Waals surface area contributed by atoms with Gasteiger partial charge in [-0.1, -0.05) is 24.3 Å². The van der Waals surface area contributed by atoms with E-state index >= 15 is 0 Å². The standard InChI is InChI=1S/C18H16N8O/c1-12(13-6-8-16(9-7-13)26-11-19-10-20-26)21-18(27)15-4-2-14(3-5-15)17-22-24-25-23-17/h2-12H,1H3,(H,21,27)(H,22,23,24,25)/t12-/m0/s1. The average molecular weight is 360 g/mol. The summed E-state index contributed by atoms with van der Waals surface area (Å²) < 4.78 is 1.68. The lowest BCUT2D eigenvalue weighted by Gasteiger charge is -2.15. The molecule has 2 heterocycles. The Morgan fingerprint density at radius 2 is 1.89 bits per heavy atom. The summed E-state index contributed by atoms with van der Waals surface area (Å²) in [6, 6.07) is 14.7. The van der Waals surface area contributed by atoms with Gasteiger partial charge in [-0.25, -0.2) is 9.67 Å². The van der Waals surface area contributed by atoms with Crippen molar-refractivity contribution in [1.82, 2.24) is 40.7 Å². The second-order valence-electron chi connectivity index (χ2n) is 5.94. The van der Waals surface area contributed by atoms with Crippen molar-refractivity contribution >= 4 is 5.91 Å². The Morgan fingerprint density at radius 3 is 2.52 bits per heavy atom. The van der Waals surface area contributed by atoms with Crippen molar-refractivity contribution in [3.63, 3.8) is 0 Å². The van der Waals surface area contributed by atoms with E-state index in [4.69, 9.17) is 0 Å². The molecule has 27 heavy (non-hydrogen) atoms. The SMILES string of the molecule is C[C@H](NC(=O)c1ccc(-c2nn[nH]n2)cc1)c1ccc(-n2cncn2)cc1. The van der Waals surface area contributed by atoms with E-state index in [1.165, 1.54) is 6.33 Å². The van der Waals surface area contributed by atoms with Crippen LogP contribution in [0.25, 0.3) is 17.1 Å². The van der Waals surface area contributed by atoms with E-state index in [1.54, 1.807) is 35.3 Å². The number of carbonyl (C=O) groups is 1. The number of rotatable bonds is 5. The molecule has 0 aliphatic heterocycles. The first-order valence-electron chi connectivity index (χ1n) is 8.30. The van der Waals surface area contributed by atoms with E-state index in [1.807, 2.05) is 31.2 Å². The lowest BCUT2D eigenvalue weighted by molar-refractivity contribution is 0.0940. The molecule has 1 amide bonds. The number of nitrogens with zero attached hydrogens (tertiary/aromatic N) is 6. The van der Waals surface area contributed by atoms with Crippen LogP contribution in [0.2, 0.25) is 0 Å². The van der Waals surface area contributed by atoms with Crippen LogP contribution in [0.5, 0.6) is 0 Å². The van der Waals surface area contributed by atoms with Gasteiger partial charge in [-0.3, -0.25) is 4.79 Å². The predicted octanol–water partition coefficient (Wildman–Crippen LogP) is 1.94. The summed E-state index contributed by atoms with van der Waals surface area (Å²) in [5.74, 6) is 0.338. The molecule has 0 aliphatic rings. The third kappa shape index (κ3) is 3.56. The maximum atomic E-state index is 12.5. The largest absolute Gasteiger partial charge is 0.346 e. The van der Waals surface area contributed by atoms with Crippen molar-refractivity contribution in [2.45, 2.75) is 13.0 Å². The zero-order valence-corrected chi connectivity index (χ0v) is 14.4. The predicted molar refractivity (Wildman–Crippen MR) is 96.9 cm³/mol. The summed E-state index contributed by atoms with van der Waals surface area (Å²) in [6.45, 7) is 1.94. The first kappa shape index (κ1) is 16.6. The summed E-state index contributed by atoms with van der Waals surface area (Å²) in [7, 11) is 0. The lowest BCUT2D eigenvalue weighted by atomic mass is 10.1. The van der Waals surface area contributed by atoms with Crippen LogP contribution in [0.4, 0.5) is 0 Å². The zero-order valence-electron chi connectivity index (χ0n) is 14.4. The van der Waals surface area contributed by atoms with Crippen molar-refractivity contribution in [3.05, 3.63) is 72.3 Å². The molecule has 1 atom stereocenters. The van der Waals surface area contributed by atoms with Gasteiger partial charge in [-0.15, -0.1) is 10.2 Å². The second kappa shape index (κ2) is 7.16. The third-order valence-corrected chi connectivity index (χ3v) is 4.17. The zero-order chi connectivity index (χ0) is 18.6. The summed E-state index contributed by atoms with van der Waals surface area (Å²) in [4.78, 5) is 16.4. The molecule has 2 aromatic carbocycles. The monoisotopic (exact) mass is 360 g/mol. The minimum Gasteiger partial charge on any atom is -0.346 e. The third-order valence-electron chi connectivity index (χ3n) is 4.17. The van der Waals surface area contributed by atoms with E-state index in [9.17, 15) is 4.79 Å². The van der Waals surface area contributed by atoms with Crippen LogP contribution in [0, 0.1) is 0 Å². The van der Waals surface area contributed by atoms with Gasteiger partial charge in [0.25, 0.3) is 5.91 Å². The van der Waals surface area contributed by atoms with E-state index in [2.05, 4.69) is 36.0 Å². The van der Waals surface area contributed by atoms with Gasteiger partial charge in [0.15, 0.2) is 0 Å². The Labute approximate surface area is 154 Å². The maximum Gasteiger partial charge on any atom is 0.251 e. The summed E-state index contributed by atoms with van der Waals surface area (Å²) in [5, 5.41) is 20.9. The number of amides is 1. The lowest BCUT2D eigenvalue weighted by Crippen LogP contribution is -2.26. The van der Waals surface area contributed by atoms with E-state index in [0.29, 0.717) is 11.4 Å². The van der Waals surface area contributed by atoms with Gasteiger partial charge in [0.05, 0.1) is 11.7 Å². The van der Waals surface area contributed by atoms with Gasteiger partial charge in [0.2, 0.25) is 5.82 Å². The quantitative estimate of drug-likeness (QED) is 0.562. The molecule has 2 aromatic heterocycles. The molecule has 0 saturated heterocycles. The van der Waals surface area contributed by atoms with Crippen molar-refractivity contribution in [2.75, 3.05) is 0 Å². The Bertz CT molecular complexity index is 1010. The number of nitrogens with one attached hydrogen (secondary N) is 2. The molecule has 0 spiro atoms. The second-order valence-corrected chi connectivity index (χ2v) is 5.94. The molecule has 9 heteroatoms. The highest BCUT2D eigenvalue weighted by atomic mass is 16.1. The molecule has 4 aromatic rings. The van der Waals surface area contributed by atoms with Crippen molar-refractivity contribution < 1.29 is 4.79 Å². The summed E-state index contributed by atoms with van der Waals surface area (Å²) >= 11 is 0. The normalized spacial score (nSPS) is 11.9. The van der Waals surface area contributed by atoms with Crippen LogP contribution in [0.3, 0.4) is 0 Å². The molecule has 0 radical (unpaired) electrons. The van der Waals surface area contributed by atoms with Crippen molar-refractivity contribution in [2.24, 2.45) is 0 Å². The molecule has 2 N–H and O–H groups in total. The minimum absolute atomic E-state index is 0.140. The van der Waals surface area contributed by atoms with Crippen LogP contribution in [-0.2, 0) is 0 Å². The number of H-pyrrole nitrogens is 1. The van der Waals surface area contributed by atoms with E-state index in [0.717, 1.165) is 16.8 Å². The average Bonchev–Trinajstić information content (AvgIpc) is 3.42. The van der Waals surface area contributed by atoms with Crippen LogP contribution in [0.15, 0.2) is 61.2 Å². The first-order valence-corrected chi connectivity index (χ1v) is 8.30. The number of hydrogen-bond acceptors (Lipinski definition) is 6. The van der Waals surface area contributed by atoms with Gasteiger partial charge < -0.3 is 5.32 Å². The highest BCUT2D eigenvalue weighted by Gasteiger charge is 2.12. The molecule has 0 aliphatic carbocycles. The van der Waals surface area contributed by atoms with Gasteiger partial charge in [-0.05, 0) is 42.0 Å². The van der Waals surface area contributed by atoms with Crippen LogP contribution < -0.4 is 5.32 Å². The number of benzene rings is 2. The van der Waals surface area contributed by atoms with Crippen molar-refractivity contribution in [3.8, 4) is 17.1 Å². The Kier molecular flexibility index (Phi) is 4.40. The molecule has 0 saturated carbocycles. The Hall–Kier alpha value is -3.88. The first-order chi connectivity index (χ1) is 13.2. The topological polar surface area (TPSA) is 114 Å². The number of tetrazole rings is 1. The van der Waals surface area contributed by atoms with Gasteiger partial charge in [0, 0.05) is 11.1 Å². The fraction of sp³-hybridized carbons (Fsp3) is 0.111. The molecular formula is C18H16N8O. The summed E-state index contributed by atoms with van der Waals surface area (Å²) in [5.41, 5.74) is 3.26. The Balaban J connectivity index is 1.43. The van der Waals surface area contributed by atoms with E-state index < -0.39 is 0 Å². The van der Waals surface area contributed by atoms with Crippen LogP contribution in [-0.4, -0.2) is 41.3 Å². The fourth-order valence-electron chi connectivity index (χ4n) is 2.68. The molecule has 0 bridgehead atoms. The summed E-state index contributed by atoms with van der Waals surface area (Å²) in [6.07, 6.45) is 3.12. The number of carbonyl (C=O) groups excluding carboxylic acids is 1. The maximum absolute atomic E-state index is 12.5. The fourth-order valence-corrected chi connectivity index (χ4v) is 2.68. The van der Waals surface area contributed by atoms with Crippen molar-refractivity contribution in [1.29, 1.82) is 0 Å². The molecule has 0 fully saturated rings. The van der Waals surface area contributed by atoms with Crippen LogP contribution in [0.1, 0.15) is 28.9 Å². The molecule has 134 valence electrons. The molecule has 0 unspecified atom stereocenters. The highest BCUT2D eigenvalue weighted by Crippen LogP contribution is 2.17. The van der Waals surface area contributed by atoms with Gasteiger partial charge >= 0.3 is 0 Å². The molecule has 9 nitrogen and oxygen atoms in total. The number of hydrogen-bond donors (Lipinski definition) is 2. The smallest absolute Gasteiger partial charge is 0.251 e. The minimum atomic E-state index is -0.150. The van der Waals surface area contributed by atoms with Gasteiger partial charge in [-0.2, -0.15) is 10.3 Å². The van der Waals surface area contributed by atoms with Gasteiger partial charge in [0.1, 0.15) is 12.7 Å². The highest BCUT2D eigenvalue weighted by molar-refractivity contribution is 5.94.